The van der Waals surface area contributed by atoms with E-state index in [2.05, 4.69) is 5.32 Å². The van der Waals surface area contributed by atoms with Gasteiger partial charge in [-0.2, -0.15) is 0 Å². The molecule has 2 atom stereocenters. The molecule has 0 amide bonds. The monoisotopic (exact) mass is 293 g/mol. The Morgan fingerprint density at radius 2 is 2.29 bits per heavy atom. The normalized spacial score (nSPS) is 18.0. The molecule has 0 saturated carbocycles. The maximum Gasteiger partial charge on any atom is 0.325 e. The lowest BCUT2D eigenvalue weighted by Gasteiger charge is -2.19. The van der Waals surface area contributed by atoms with Gasteiger partial charge in [0.1, 0.15) is 23.6 Å². The third kappa shape index (κ3) is 3.47. The summed E-state index contributed by atoms with van der Waals surface area (Å²) in [6.45, 7) is 7.04. The Morgan fingerprint density at radius 3 is 2.90 bits per heavy atom. The van der Waals surface area contributed by atoms with Crippen molar-refractivity contribution in [3.63, 3.8) is 0 Å². The summed E-state index contributed by atoms with van der Waals surface area (Å²) in [7, 11) is 0. The SMILES string of the molecule is CCCNC(C(=O)O)c1cc2c(cc1OCC)CC(C)O2. The number of carbonyl (C=O) groups is 1. The number of hydrogen-bond donors (Lipinski definition) is 2. The molecule has 0 aliphatic carbocycles. The fourth-order valence-electron chi connectivity index (χ4n) is 2.58. The summed E-state index contributed by atoms with van der Waals surface area (Å²) in [5.74, 6) is 0.492. The van der Waals surface area contributed by atoms with Crippen LogP contribution >= 0.6 is 0 Å². The molecule has 0 spiro atoms. The van der Waals surface area contributed by atoms with Crippen molar-refractivity contribution >= 4 is 5.97 Å². The summed E-state index contributed by atoms with van der Waals surface area (Å²) in [6, 6.07) is 2.95. The highest BCUT2D eigenvalue weighted by Gasteiger charge is 2.28. The van der Waals surface area contributed by atoms with Crippen LogP contribution in [-0.2, 0) is 11.2 Å². The van der Waals surface area contributed by atoms with E-state index in [1.807, 2.05) is 32.9 Å². The van der Waals surface area contributed by atoms with Gasteiger partial charge >= 0.3 is 5.97 Å². The lowest BCUT2D eigenvalue weighted by atomic mass is 10.0. The van der Waals surface area contributed by atoms with Crippen molar-refractivity contribution in [1.29, 1.82) is 0 Å². The Balaban J connectivity index is 2.39. The van der Waals surface area contributed by atoms with Crippen LogP contribution < -0.4 is 14.8 Å². The predicted octanol–water partition coefficient (Wildman–Crippen LogP) is 2.53. The number of rotatable bonds is 7. The summed E-state index contributed by atoms with van der Waals surface area (Å²) in [4.78, 5) is 11.6. The maximum absolute atomic E-state index is 11.6. The van der Waals surface area contributed by atoms with Crippen LogP contribution in [0.3, 0.4) is 0 Å². The lowest BCUT2D eigenvalue weighted by Crippen LogP contribution is -2.29. The zero-order valence-corrected chi connectivity index (χ0v) is 12.8. The fraction of sp³-hybridized carbons (Fsp3) is 0.562. The van der Waals surface area contributed by atoms with Gasteiger partial charge in [-0.1, -0.05) is 6.92 Å². The van der Waals surface area contributed by atoms with E-state index in [0.717, 1.165) is 24.2 Å². The van der Waals surface area contributed by atoms with E-state index in [1.165, 1.54) is 0 Å². The molecule has 1 aliphatic rings. The van der Waals surface area contributed by atoms with E-state index < -0.39 is 12.0 Å². The number of benzene rings is 1. The molecular formula is C16H23NO4. The first-order chi connectivity index (χ1) is 10.1. The minimum Gasteiger partial charge on any atom is -0.494 e. The topological polar surface area (TPSA) is 67.8 Å². The van der Waals surface area contributed by atoms with Crippen LogP contribution in [0.15, 0.2) is 12.1 Å². The maximum atomic E-state index is 11.6. The molecule has 0 aromatic heterocycles. The van der Waals surface area contributed by atoms with Crippen molar-refractivity contribution in [2.24, 2.45) is 0 Å². The van der Waals surface area contributed by atoms with Crippen LogP contribution in [0.5, 0.6) is 11.5 Å². The molecule has 0 bridgehead atoms. The summed E-state index contributed by atoms with van der Waals surface area (Å²) in [5.41, 5.74) is 1.71. The van der Waals surface area contributed by atoms with Crippen molar-refractivity contribution in [1.82, 2.24) is 5.32 Å². The van der Waals surface area contributed by atoms with Gasteiger partial charge in [-0.25, -0.2) is 0 Å². The third-order valence-corrected chi connectivity index (χ3v) is 3.48. The first-order valence-electron chi connectivity index (χ1n) is 7.49. The van der Waals surface area contributed by atoms with E-state index >= 15 is 0 Å². The zero-order valence-electron chi connectivity index (χ0n) is 12.8. The largest absolute Gasteiger partial charge is 0.494 e. The van der Waals surface area contributed by atoms with Crippen LogP contribution in [-0.4, -0.2) is 30.3 Å². The molecule has 2 N–H and O–H groups in total. The number of fused-ring (bicyclic) bond motifs is 1. The Morgan fingerprint density at radius 1 is 1.52 bits per heavy atom. The molecular weight excluding hydrogens is 270 g/mol. The number of carboxylic acid groups (broad SMARTS) is 1. The molecule has 1 aromatic carbocycles. The first-order valence-corrected chi connectivity index (χ1v) is 7.49. The molecule has 1 heterocycles. The molecule has 0 saturated heterocycles. The number of ether oxygens (including phenoxy) is 2. The second-order valence-electron chi connectivity index (χ2n) is 5.29. The average molecular weight is 293 g/mol. The van der Waals surface area contributed by atoms with Gasteiger partial charge in [-0.3, -0.25) is 4.79 Å². The van der Waals surface area contributed by atoms with Crippen LogP contribution in [0, 0.1) is 0 Å². The Labute approximate surface area is 125 Å². The van der Waals surface area contributed by atoms with Crippen LogP contribution in [0.25, 0.3) is 0 Å². The van der Waals surface area contributed by atoms with E-state index in [9.17, 15) is 9.90 Å². The van der Waals surface area contributed by atoms with E-state index in [-0.39, 0.29) is 6.10 Å². The van der Waals surface area contributed by atoms with Gasteiger partial charge in [-0.05, 0) is 38.9 Å². The van der Waals surface area contributed by atoms with Crippen molar-refractivity contribution in [3.05, 3.63) is 23.3 Å². The molecule has 2 unspecified atom stereocenters. The van der Waals surface area contributed by atoms with Crippen molar-refractivity contribution < 1.29 is 19.4 Å². The van der Waals surface area contributed by atoms with E-state index in [4.69, 9.17) is 9.47 Å². The van der Waals surface area contributed by atoms with Crippen molar-refractivity contribution in [3.8, 4) is 11.5 Å². The molecule has 5 heteroatoms. The molecule has 0 radical (unpaired) electrons. The fourth-order valence-corrected chi connectivity index (χ4v) is 2.58. The minimum atomic E-state index is -0.907. The quantitative estimate of drug-likeness (QED) is 0.808. The number of carboxylic acids is 1. The Kier molecular flexibility index (Phi) is 5.07. The standard InChI is InChI=1S/C16H23NO4/c1-4-6-17-15(16(18)19)12-9-13-11(7-10(3)21-13)8-14(12)20-5-2/h8-10,15,17H,4-7H2,1-3H3,(H,18,19). The summed E-state index contributed by atoms with van der Waals surface area (Å²) in [6.07, 6.45) is 1.82. The summed E-state index contributed by atoms with van der Waals surface area (Å²) >= 11 is 0. The molecule has 116 valence electrons. The van der Waals surface area contributed by atoms with Crippen molar-refractivity contribution in [2.45, 2.75) is 45.8 Å². The minimum absolute atomic E-state index is 0.122. The third-order valence-electron chi connectivity index (χ3n) is 3.48. The number of hydrogen-bond acceptors (Lipinski definition) is 4. The Hall–Kier alpha value is -1.75. The van der Waals surface area contributed by atoms with Gasteiger partial charge in [0.2, 0.25) is 0 Å². The molecule has 5 nitrogen and oxygen atoms in total. The number of nitrogens with one attached hydrogen (secondary N) is 1. The van der Waals surface area contributed by atoms with E-state index in [1.54, 1.807) is 0 Å². The summed E-state index contributed by atoms with van der Waals surface area (Å²) < 4.78 is 11.4. The molecule has 21 heavy (non-hydrogen) atoms. The van der Waals surface area contributed by atoms with Gasteiger partial charge in [0, 0.05) is 17.5 Å². The van der Waals surface area contributed by atoms with Gasteiger partial charge in [0.25, 0.3) is 0 Å². The molecule has 1 aliphatic heterocycles. The van der Waals surface area contributed by atoms with Gasteiger partial charge < -0.3 is 19.9 Å². The molecule has 2 rings (SSSR count). The van der Waals surface area contributed by atoms with Crippen LogP contribution in [0.1, 0.15) is 44.4 Å². The molecule has 1 aromatic rings. The second-order valence-corrected chi connectivity index (χ2v) is 5.29. The van der Waals surface area contributed by atoms with Crippen molar-refractivity contribution in [2.75, 3.05) is 13.2 Å². The van der Waals surface area contributed by atoms with Gasteiger partial charge in [-0.15, -0.1) is 0 Å². The highest BCUT2D eigenvalue weighted by atomic mass is 16.5. The lowest BCUT2D eigenvalue weighted by molar-refractivity contribution is -0.139. The highest BCUT2D eigenvalue weighted by molar-refractivity contribution is 5.77. The van der Waals surface area contributed by atoms with Crippen LogP contribution in [0.2, 0.25) is 0 Å². The predicted molar refractivity (Wildman–Crippen MR) is 80.1 cm³/mol. The zero-order chi connectivity index (χ0) is 15.4. The van der Waals surface area contributed by atoms with Crippen LogP contribution in [0.4, 0.5) is 0 Å². The number of aliphatic carboxylic acids is 1. The highest BCUT2D eigenvalue weighted by Crippen LogP contribution is 2.37. The Bertz CT molecular complexity index is 515. The van der Waals surface area contributed by atoms with Gasteiger partial charge in [0.05, 0.1) is 6.61 Å². The average Bonchev–Trinajstić information content (AvgIpc) is 2.78. The van der Waals surface area contributed by atoms with Gasteiger partial charge in [0.15, 0.2) is 0 Å². The molecule has 0 fully saturated rings. The smallest absolute Gasteiger partial charge is 0.325 e. The summed E-state index contributed by atoms with van der Waals surface area (Å²) in [5, 5.41) is 12.5. The van der Waals surface area contributed by atoms with E-state index in [0.29, 0.717) is 24.5 Å². The first kappa shape index (κ1) is 15.6. The second kappa shape index (κ2) is 6.80.